The third-order valence-corrected chi connectivity index (χ3v) is 4.44. The molecule has 2 heterocycles. The Kier molecular flexibility index (Phi) is 5.15. The Hall–Kier alpha value is -2.34. The van der Waals surface area contributed by atoms with Gasteiger partial charge in [-0.25, -0.2) is 0 Å². The molecule has 1 atom stereocenters. The lowest BCUT2D eigenvalue weighted by molar-refractivity contribution is 0.0950. The van der Waals surface area contributed by atoms with Gasteiger partial charge < -0.3 is 14.6 Å². The summed E-state index contributed by atoms with van der Waals surface area (Å²) in [6, 6.07) is 11.9. The van der Waals surface area contributed by atoms with Gasteiger partial charge in [-0.15, -0.1) is 0 Å². The molecule has 0 saturated carbocycles. The Morgan fingerprint density at radius 1 is 1.25 bits per heavy atom. The molecule has 1 aromatic heterocycles. The zero-order valence-electron chi connectivity index (χ0n) is 13.6. The molecule has 1 fully saturated rings. The number of anilines is 2. The smallest absolute Gasteiger partial charge is 0.293 e. The van der Waals surface area contributed by atoms with Crippen molar-refractivity contribution in [3.8, 4) is 0 Å². The van der Waals surface area contributed by atoms with Gasteiger partial charge in [0.2, 0.25) is 0 Å². The number of benzene rings is 1. The van der Waals surface area contributed by atoms with Crippen molar-refractivity contribution >= 4 is 34.6 Å². The molecular formula is C18H21N3O2S. The van der Waals surface area contributed by atoms with Crippen LogP contribution in [-0.2, 0) is 0 Å². The third kappa shape index (κ3) is 3.94. The number of furan rings is 1. The molecular weight excluding hydrogens is 322 g/mol. The van der Waals surface area contributed by atoms with E-state index < -0.39 is 0 Å². The van der Waals surface area contributed by atoms with E-state index in [-0.39, 0.29) is 16.8 Å². The molecule has 0 bridgehead atoms. The van der Waals surface area contributed by atoms with Gasteiger partial charge in [-0.2, -0.15) is 0 Å². The average Bonchev–Trinajstić information content (AvgIpc) is 3.11. The van der Waals surface area contributed by atoms with Crippen LogP contribution in [0.15, 0.2) is 47.1 Å². The van der Waals surface area contributed by atoms with Gasteiger partial charge in [-0.3, -0.25) is 10.1 Å². The van der Waals surface area contributed by atoms with Gasteiger partial charge in [0.25, 0.3) is 5.91 Å². The van der Waals surface area contributed by atoms with Crippen molar-refractivity contribution in [1.29, 1.82) is 0 Å². The lowest BCUT2D eigenvalue weighted by Crippen LogP contribution is -2.37. The molecule has 1 aliphatic heterocycles. The number of amides is 1. The minimum absolute atomic E-state index is 0.230. The first kappa shape index (κ1) is 16.5. The molecule has 24 heavy (non-hydrogen) atoms. The summed E-state index contributed by atoms with van der Waals surface area (Å²) in [5, 5.41) is 5.85. The number of carbonyl (C=O) groups excluding carboxylic acids is 1. The predicted octanol–water partition coefficient (Wildman–Crippen LogP) is 3.79. The second-order valence-electron chi connectivity index (χ2n) is 5.97. The Morgan fingerprint density at radius 2 is 2.04 bits per heavy atom. The maximum absolute atomic E-state index is 11.9. The summed E-state index contributed by atoms with van der Waals surface area (Å²) in [6.45, 7) is 3.37. The summed E-state index contributed by atoms with van der Waals surface area (Å²) in [6.07, 6.45) is 5.24. The molecule has 6 heteroatoms. The average molecular weight is 343 g/mol. The van der Waals surface area contributed by atoms with Gasteiger partial charge in [0.05, 0.1) is 6.26 Å². The summed E-state index contributed by atoms with van der Waals surface area (Å²) in [4.78, 5) is 14.3. The fraction of sp³-hybridized carbons (Fsp3) is 0.333. The molecule has 1 amide bonds. The SMILES string of the molecule is C[C@H]1CCCCN1c1ccc(NC(=S)NC(=O)c2ccco2)cc1. The fourth-order valence-corrected chi connectivity index (χ4v) is 3.16. The van der Waals surface area contributed by atoms with Crippen molar-refractivity contribution in [2.75, 3.05) is 16.8 Å². The van der Waals surface area contributed by atoms with Crippen LogP contribution >= 0.6 is 12.2 Å². The van der Waals surface area contributed by atoms with Crippen LogP contribution in [0.1, 0.15) is 36.7 Å². The molecule has 2 N–H and O–H groups in total. The van der Waals surface area contributed by atoms with Crippen molar-refractivity contribution < 1.29 is 9.21 Å². The lowest BCUT2D eigenvalue weighted by Gasteiger charge is -2.35. The molecule has 0 spiro atoms. The molecule has 126 valence electrons. The third-order valence-electron chi connectivity index (χ3n) is 4.23. The zero-order chi connectivity index (χ0) is 16.9. The van der Waals surface area contributed by atoms with Crippen molar-refractivity contribution in [3.63, 3.8) is 0 Å². The second-order valence-corrected chi connectivity index (χ2v) is 6.38. The Morgan fingerprint density at radius 3 is 2.71 bits per heavy atom. The topological polar surface area (TPSA) is 57.5 Å². The maximum Gasteiger partial charge on any atom is 0.293 e. The van der Waals surface area contributed by atoms with Crippen LogP contribution in [0.5, 0.6) is 0 Å². The van der Waals surface area contributed by atoms with E-state index in [4.69, 9.17) is 16.6 Å². The lowest BCUT2D eigenvalue weighted by atomic mass is 10.0. The maximum atomic E-state index is 11.9. The van der Waals surface area contributed by atoms with Crippen LogP contribution in [0.25, 0.3) is 0 Å². The molecule has 3 rings (SSSR count). The van der Waals surface area contributed by atoms with Crippen molar-refractivity contribution in [3.05, 3.63) is 48.4 Å². The number of thiocarbonyl (C=S) groups is 1. The van der Waals surface area contributed by atoms with Gasteiger partial charge in [-0.1, -0.05) is 0 Å². The number of nitrogens with zero attached hydrogens (tertiary/aromatic N) is 1. The quantitative estimate of drug-likeness (QED) is 0.831. The van der Waals surface area contributed by atoms with E-state index in [2.05, 4.69) is 34.6 Å². The summed E-state index contributed by atoms with van der Waals surface area (Å²) in [7, 11) is 0. The van der Waals surface area contributed by atoms with Crippen molar-refractivity contribution in [1.82, 2.24) is 5.32 Å². The summed E-state index contributed by atoms with van der Waals surface area (Å²) in [5.41, 5.74) is 2.06. The first-order chi connectivity index (χ1) is 11.6. The van der Waals surface area contributed by atoms with Crippen LogP contribution in [0, 0.1) is 0 Å². The Labute approximate surface area is 147 Å². The molecule has 1 saturated heterocycles. The molecule has 0 aliphatic carbocycles. The van der Waals surface area contributed by atoms with E-state index in [1.165, 1.54) is 31.2 Å². The highest BCUT2D eigenvalue weighted by Crippen LogP contribution is 2.25. The van der Waals surface area contributed by atoms with Crippen molar-refractivity contribution in [2.45, 2.75) is 32.2 Å². The highest BCUT2D eigenvalue weighted by Gasteiger charge is 2.18. The van der Waals surface area contributed by atoms with Crippen LogP contribution in [0.4, 0.5) is 11.4 Å². The van der Waals surface area contributed by atoms with E-state index in [9.17, 15) is 4.79 Å². The summed E-state index contributed by atoms with van der Waals surface area (Å²) in [5.74, 6) is -0.134. The number of piperidine rings is 1. The van der Waals surface area contributed by atoms with Crippen LogP contribution < -0.4 is 15.5 Å². The summed E-state index contributed by atoms with van der Waals surface area (Å²) >= 11 is 5.17. The van der Waals surface area contributed by atoms with Gasteiger partial charge >= 0.3 is 0 Å². The standard InChI is InChI=1S/C18H21N3O2S/c1-13-5-2-3-11-21(13)15-9-7-14(8-10-15)19-18(24)20-17(22)16-6-4-12-23-16/h4,6-10,12-13H,2-3,5,11H2,1H3,(H2,19,20,22,24)/t13-/m0/s1. The first-order valence-corrected chi connectivity index (χ1v) is 8.57. The van der Waals surface area contributed by atoms with E-state index in [0.29, 0.717) is 6.04 Å². The Bertz CT molecular complexity index is 698. The first-order valence-electron chi connectivity index (χ1n) is 8.16. The Balaban J connectivity index is 1.57. The largest absolute Gasteiger partial charge is 0.459 e. The number of nitrogens with one attached hydrogen (secondary N) is 2. The zero-order valence-corrected chi connectivity index (χ0v) is 14.4. The highest BCUT2D eigenvalue weighted by molar-refractivity contribution is 7.80. The second kappa shape index (κ2) is 7.49. The molecule has 1 aliphatic rings. The van der Waals surface area contributed by atoms with E-state index in [1.54, 1.807) is 12.1 Å². The number of rotatable bonds is 3. The normalized spacial score (nSPS) is 17.4. The molecule has 0 unspecified atom stereocenters. The van der Waals surface area contributed by atoms with E-state index >= 15 is 0 Å². The van der Waals surface area contributed by atoms with Gasteiger partial charge in [0, 0.05) is 24.0 Å². The number of carbonyl (C=O) groups is 1. The molecule has 2 aromatic rings. The van der Waals surface area contributed by atoms with Gasteiger partial charge in [0.1, 0.15) is 0 Å². The monoisotopic (exact) mass is 343 g/mol. The molecule has 1 aromatic carbocycles. The predicted molar refractivity (Wildman–Crippen MR) is 99.5 cm³/mol. The number of hydrogen-bond donors (Lipinski definition) is 2. The highest BCUT2D eigenvalue weighted by atomic mass is 32.1. The number of hydrogen-bond acceptors (Lipinski definition) is 4. The minimum Gasteiger partial charge on any atom is -0.459 e. The van der Waals surface area contributed by atoms with Gasteiger partial charge in [0.15, 0.2) is 10.9 Å². The molecule has 5 nitrogen and oxygen atoms in total. The van der Waals surface area contributed by atoms with E-state index in [1.807, 2.05) is 12.1 Å². The summed E-state index contributed by atoms with van der Waals surface area (Å²) < 4.78 is 5.03. The van der Waals surface area contributed by atoms with Crippen LogP contribution in [0.3, 0.4) is 0 Å². The molecule has 0 radical (unpaired) electrons. The van der Waals surface area contributed by atoms with Crippen molar-refractivity contribution in [2.24, 2.45) is 0 Å². The van der Waals surface area contributed by atoms with Gasteiger partial charge in [-0.05, 0) is 74.8 Å². The van der Waals surface area contributed by atoms with Crippen LogP contribution in [0.2, 0.25) is 0 Å². The van der Waals surface area contributed by atoms with E-state index in [0.717, 1.165) is 12.2 Å². The minimum atomic E-state index is -0.365. The fourth-order valence-electron chi connectivity index (χ4n) is 2.95. The van der Waals surface area contributed by atoms with Crippen LogP contribution in [-0.4, -0.2) is 23.6 Å².